The zero-order valence-corrected chi connectivity index (χ0v) is 19.2. The van der Waals surface area contributed by atoms with E-state index in [1.165, 1.54) is 45.4 Å². The molecule has 2 aromatic rings. The number of rotatable bonds is 8. The number of carbonyl (C=O) groups is 2. The van der Waals surface area contributed by atoms with Gasteiger partial charge in [-0.25, -0.2) is 0 Å². The van der Waals surface area contributed by atoms with Crippen LogP contribution >= 0.6 is 0 Å². The van der Waals surface area contributed by atoms with Gasteiger partial charge in [-0.2, -0.15) is 0 Å². The summed E-state index contributed by atoms with van der Waals surface area (Å²) in [7, 11) is 2.72. The quantitative estimate of drug-likeness (QED) is 0.486. The molecular weight excluding hydrogens is 448 g/mol. The fourth-order valence-electron chi connectivity index (χ4n) is 3.62. The van der Waals surface area contributed by atoms with E-state index in [0.29, 0.717) is 5.56 Å². The Labute approximate surface area is 195 Å². The SMILES string of the molecule is COc1cc(C2(O)Oc3c(OC)cc(/C=C/COC(C)=O)cc3C2(O)COC(C)=O)ccc1O. The molecule has 182 valence electrons. The van der Waals surface area contributed by atoms with Gasteiger partial charge in [-0.1, -0.05) is 6.08 Å². The van der Waals surface area contributed by atoms with Gasteiger partial charge in [0.05, 0.1) is 14.2 Å². The number of hydrogen-bond acceptors (Lipinski definition) is 10. The normalized spacial score (nSPS) is 21.0. The third-order valence-electron chi connectivity index (χ3n) is 5.30. The van der Waals surface area contributed by atoms with Gasteiger partial charge in [0, 0.05) is 25.0 Å². The van der Waals surface area contributed by atoms with E-state index in [2.05, 4.69) is 0 Å². The molecule has 3 N–H and O–H groups in total. The standard InChI is InChI=1S/C24H26O10/c1-14(25)32-9-5-6-16-10-18-22(21(11-16)31-4)34-24(29,23(18,28)13-33-15(2)26)17-7-8-19(27)20(12-17)30-3/h5-8,10-12,27-29H,9,13H2,1-4H3/b6-5+. The van der Waals surface area contributed by atoms with E-state index in [9.17, 15) is 24.9 Å². The summed E-state index contributed by atoms with van der Waals surface area (Å²) in [5.41, 5.74) is -1.62. The first kappa shape index (κ1) is 24.9. The molecule has 0 bridgehead atoms. The Balaban J connectivity index is 2.15. The molecule has 0 radical (unpaired) electrons. The summed E-state index contributed by atoms with van der Waals surface area (Å²) in [5.74, 6) is -3.50. The monoisotopic (exact) mass is 474 g/mol. The second-order valence-corrected chi connectivity index (χ2v) is 7.58. The van der Waals surface area contributed by atoms with Gasteiger partial charge in [0.1, 0.15) is 13.2 Å². The third-order valence-corrected chi connectivity index (χ3v) is 5.30. The average Bonchev–Trinajstić information content (AvgIpc) is 3.03. The van der Waals surface area contributed by atoms with Crippen molar-refractivity contribution in [3.05, 3.63) is 53.1 Å². The molecule has 2 atom stereocenters. The van der Waals surface area contributed by atoms with Gasteiger partial charge >= 0.3 is 11.9 Å². The minimum absolute atomic E-state index is 0.0280. The van der Waals surface area contributed by atoms with Crippen molar-refractivity contribution >= 4 is 18.0 Å². The van der Waals surface area contributed by atoms with Crippen LogP contribution in [0.2, 0.25) is 0 Å². The lowest BCUT2D eigenvalue weighted by atomic mass is 9.83. The summed E-state index contributed by atoms with van der Waals surface area (Å²) < 4.78 is 26.4. The molecular formula is C24H26O10. The molecule has 0 aromatic heterocycles. The molecule has 2 aromatic carbocycles. The van der Waals surface area contributed by atoms with Crippen molar-refractivity contribution in [1.29, 1.82) is 0 Å². The van der Waals surface area contributed by atoms with Crippen molar-refractivity contribution in [3.63, 3.8) is 0 Å². The van der Waals surface area contributed by atoms with Crippen molar-refractivity contribution in [2.45, 2.75) is 25.2 Å². The van der Waals surface area contributed by atoms with E-state index < -0.39 is 29.9 Å². The second kappa shape index (κ2) is 9.62. The minimum atomic E-state index is -2.45. The van der Waals surface area contributed by atoms with Gasteiger partial charge in [0.25, 0.3) is 5.79 Å². The van der Waals surface area contributed by atoms with E-state index in [1.807, 2.05) is 0 Å². The number of fused-ring (bicyclic) bond motifs is 1. The second-order valence-electron chi connectivity index (χ2n) is 7.58. The van der Waals surface area contributed by atoms with Crippen LogP contribution in [0.5, 0.6) is 23.0 Å². The molecule has 2 unspecified atom stereocenters. The molecule has 34 heavy (non-hydrogen) atoms. The summed E-state index contributed by atoms with van der Waals surface area (Å²) in [4.78, 5) is 22.6. The van der Waals surface area contributed by atoms with Crippen LogP contribution in [0, 0.1) is 0 Å². The molecule has 3 rings (SSSR count). The van der Waals surface area contributed by atoms with Gasteiger partial charge in [0.2, 0.25) is 0 Å². The van der Waals surface area contributed by atoms with Crippen LogP contribution in [-0.2, 0) is 30.5 Å². The fraction of sp³-hybridized carbons (Fsp3) is 0.333. The summed E-state index contributed by atoms with van der Waals surface area (Å²) in [5, 5.41) is 33.4. The Morgan fingerprint density at radius 1 is 1.00 bits per heavy atom. The number of carbonyl (C=O) groups excluding carboxylic acids is 2. The fourth-order valence-corrected chi connectivity index (χ4v) is 3.62. The molecule has 0 saturated heterocycles. The molecule has 10 heteroatoms. The maximum atomic E-state index is 11.8. The van der Waals surface area contributed by atoms with Gasteiger partial charge in [-0.15, -0.1) is 0 Å². The maximum Gasteiger partial charge on any atom is 0.302 e. The number of aliphatic hydroxyl groups is 2. The van der Waals surface area contributed by atoms with E-state index in [1.54, 1.807) is 18.2 Å². The van der Waals surface area contributed by atoms with Gasteiger partial charge in [0.15, 0.2) is 28.6 Å². The Bertz CT molecular complexity index is 1120. The van der Waals surface area contributed by atoms with Crippen LogP contribution in [0.25, 0.3) is 6.08 Å². The maximum absolute atomic E-state index is 11.8. The first-order valence-corrected chi connectivity index (χ1v) is 10.2. The third kappa shape index (κ3) is 4.50. The summed E-state index contributed by atoms with van der Waals surface area (Å²) in [6, 6.07) is 7.03. The number of hydrogen-bond donors (Lipinski definition) is 3. The number of benzene rings is 2. The Morgan fingerprint density at radius 3 is 2.29 bits per heavy atom. The topological polar surface area (TPSA) is 141 Å². The molecule has 1 aliphatic rings. The minimum Gasteiger partial charge on any atom is -0.504 e. The molecule has 0 fully saturated rings. The van der Waals surface area contributed by atoms with Crippen molar-refractivity contribution in [2.24, 2.45) is 0 Å². The van der Waals surface area contributed by atoms with Crippen LogP contribution in [0.15, 0.2) is 36.4 Å². The zero-order valence-electron chi connectivity index (χ0n) is 19.2. The van der Waals surface area contributed by atoms with E-state index in [4.69, 9.17) is 23.7 Å². The molecule has 0 aliphatic carbocycles. The lowest BCUT2D eigenvalue weighted by molar-refractivity contribution is -0.267. The molecule has 0 saturated carbocycles. The number of phenolic OH excluding ortho intramolecular Hbond substituents is 1. The number of phenols is 1. The molecule has 0 amide bonds. The molecule has 1 heterocycles. The van der Waals surface area contributed by atoms with Crippen molar-refractivity contribution in [3.8, 4) is 23.0 Å². The van der Waals surface area contributed by atoms with Gasteiger partial charge in [-0.05, 0) is 42.0 Å². The number of methoxy groups -OCH3 is 2. The smallest absolute Gasteiger partial charge is 0.302 e. The van der Waals surface area contributed by atoms with E-state index in [0.717, 1.165) is 6.92 Å². The lowest BCUT2D eigenvalue weighted by Crippen LogP contribution is -2.52. The highest BCUT2D eigenvalue weighted by molar-refractivity contribution is 5.68. The predicted octanol–water partition coefficient (Wildman–Crippen LogP) is 1.97. The van der Waals surface area contributed by atoms with Crippen molar-refractivity contribution in [2.75, 3.05) is 27.4 Å². The first-order valence-electron chi connectivity index (χ1n) is 10.2. The molecule has 10 nitrogen and oxygen atoms in total. The first-order chi connectivity index (χ1) is 16.1. The van der Waals surface area contributed by atoms with Crippen LogP contribution in [0.3, 0.4) is 0 Å². The Hall–Kier alpha value is -3.76. The Morgan fingerprint density at radius 2 is 1.68 bits per heavy atom. The zero-order chi connectivity index (χ0) is 25.1. The molecule has 1 aliphatic heterocycles. The summed E-state index contributed by atoms with van der Waals surface area (Å²) in [6.45, 7) is 1.83. The van der Waals surface area contributed by atoms with Crippen LogP contribution in [0.4, 0.5) is 0 Å². The summed E-state index contributed by atoms with van der Waals surface area (Å²) in [6.07, 6.45) is 3.21. The summed E-state index contributed by atoms with van der Waals surface area (Å²) >= 11 is 0. The largest absolute Gasteiger partial charge is 0.504 e. The highest BCUT2D eigenvalue weighted by Gasteiger charge is 2.62. The van der Waals surface area contributed by atoms with E-state index >= 15 is 0 Å². The number of ether oxygens (including phenoxy) is 5. The Kier molecular flexibility index (Phi) is 7.04. The highest BCUT2D eigenvalue weighted by Crippen LogP contribution is 2.56. The highest BCUT2D eigenvalue weighted by atomic mass is 16.7. The lowest BCUT2D eigenvalue weighted by Gasteiger charge is -2.36. The average molecular weight is 474 g/mol. The predicted molar refractivity (Wildman–Crippen MR) is 118 cm³/mol. The van der Waals surface area contributed by atoms with E-state index in [-0.39, 0.29) is 40.7 Å². The van der Waals surface area contributed by atoms with Gasteiger partial charge in [-0.3, -0.25) is 9.59 Å². The number of esters is 2. The molecule has 0 spiro atoms. The van der Waals surface area contributed by atoms with Crippen LogP contribution < -0.4 is 14.2 Å². The van der Waals surface area contributed by atoms with Crippen molar-refractivity contribution in [1.82, 2.24) is 0 Å². The van der Waals surface area contributed by atoms with Crippen LogP contribution in [0.1, 0.15) is 30.5 Å². The van der Waals surface area contributed by atoms with Gasteiger partial charge < -0.3 is 39.0 Å². The number of aromatic hydroxyl groups is 1. The van der Waals surface area contributed by atoms with Crippen molar-refractivity contribution < 1.29 is 48.6 Å². The van der Waals surface area contributed by atoms with Crippen LogP contribution in [-0.4, -0.2) is 54.7 Å².